The summed E-state index contributed by atoms with van der Waals surface area (Å²) in [6, 6.07) is 6.37. The smallest absolute Gasteiger partial charge is 0.326 e. The third-order valence-corrected chi connectivity index (χ3v) is 4.54. The number of unbranched alkanes of at least 4 members (excludes halogenated alkanes) is 1. The van der Waals surface area contributed by atoms with Gasteiger partial charge < -0.3 is 27.2 Å². The maximum atomic E-state index is 12.8. The van der Waals surface area contributed by atoms with E-state index in [1.54, 1.807) is 12.1 Å². The van der Waals surface area contributed by atoms with Crippen LogP contribution < -0.4 is 22.1 Å². The largest absolute Gasteiger partial charge is 0.480 e. The van der Waals surface area contributed by atoms with E-state index in [9.17, 15) is 19.5 Å². The summed E-state index contributed by atoms with van der Waals surface area (Å²) < 4.78 is 0. The van der Waals surface area contributed by atoms with Gasteiger partial charge in [0.2, 0.25) is 11.8 Å². The van der Waals surface area contributed by atoms with E-state index in [2.05, 4.69) is 10.6 Å². The number of carbonyl (C=O) groups excluding carboxylic acids is 2. The second-order valence-electron chi connectivity index (χ2n) is 7.67. The number of rotatable bonds is 13. The Morgan fingerprint density at radius 2 is 1.62 bits per heavy atom. The SMILES string of the molecule is CC(C)C[C@H](N)C(=O)N[C@@H](CCCCN)C(=O)N[C@@H](Cc1ccccc1)C(=O)O. The van der Waals surface area contributed by atoms with Crippen molar-refractivity contribution in [2.75, 3.05) is 6.54 Å². The van der Waals surface area contributed by atoms with Crippen LogP contribution in [0.4, 0.5) is 0 Å². The average molecular weight is 407 g/mol. The predicted octanol–water partition coefficient (Wildman–Crippen LogP) is 0.786. The molecule has 0 fully saturated rings. The van der Waals surface area contributed by atoms with Gasteiger partial charge >= 0.3 is 5.97 Å². The van der Waals surface area contributed by atoms with Crippen LogP contribution in [-0.2, 0) is 20.8 Å². The van der Waals surface area contributed by atoms with Gasteiger partial charge in [0.05, 0.1) is 6.04 Å². The molecule has 0 bridgehead atoms. The first-order valence-electron chi connectivity index (χ1n) is 10.1. The normalized spacial score (nSPS) is 14.1. The maximum Gasteiger partial charge on any atom is 0.326 e. The predicted molar refractivity (Wildman–Crippen MR) is 112 cm³/mol. The number of carboxylic acid groups (broad SMARTS) is 1. The second kappa shape index (κ2) is 12.9. The third kappa shape index (κ3) is 9.54. The van der Waals surface area contributed by atoms with Gasteiger partial charge in [0.25, 0.3) is 0 Å². The molecule has 0 aliphatic rings. The lowest BCUT2D eigenvalue weighted by Gasteiger charge is -2.23. The molecule has 0 saturated carbocycles. The Hall–Kier alpha value is -2.45. The Morgan fingerprint density at radius 1 is 1.00 bits per heavy atom. The van der Waals surface area contributed by atoms with Crippen molar-refractivity contribution < 1.29 is 19.5 Å². The molecular weight excluding hydrogens is 372 g/mol. The topological polar surface area (TPSA) is 148 Å². The zero-order chi connectivity index (χ0) is 21.8. The monoisotopic (exact) mass is 406 g/mol. The van der Waals surface area contributed by atoms with E-state index in [-0.39, 0.29) is 12.3 Å². The molecule has 29 heavy (non-hydrogen) atoms. The number of carboxylic acids is 1. The summed E-state index contributed by atoms with van der Waals surface area (Å²) in [5, 5.41) is 14.7. The van der Waals surface area contributed by atoms with Crippen LogP contribution in [0, 0.1) is 5.92 Å². The van der Waals surface area contributed by atoms with Crippen molar-refractivity contribution in [1.82, 2.24) is 10.6 Å². The third-order valence-electron chi connectivity index (χ3n) is 4.54. The molecule has 0 unspecified atom stereocenters. The molecule has 8 nitrogen and oxygen atoms in total. The van der Waals surface area contributed by atoms with Gasteiger partial charge in [0, 0.05) is 6.42 Å². The number of carbonyl (C=O) groups is 3. The summed E-state index contributed by atoms with van der Waals surface area (Å²) in [7, 11) is 0. The number of amides is 2. The van der Waals surface area contributed by atoms with Gasteiger partial charge in [-0.15, -0.1) is 0 Å². The molecule has 1 aromatic carbocycles. The molecule has 1 rings (SSSR count). The van der Waals surface area contributed by atoms with Gasteiger partial charge in [-0.1, -0.05) is 44.2 Å². The van der Waals surface area contributed by atoms with E-state index < -0.39 is 35.9 Å². The van der Waals surface area contributed by atoms with E-state index in [1.807, 2.05) is 32.0 Å². The molecule has 0 aliphatic carbocycles. The van der Waals surface area contributed by atoms with Crippen molar-refractivity contribution in [3.8, 4) is 0 Å². The van der Waals surface area contributed by atoms with E-state index in [0.29, 0.717) is 32.2 Å². The summed E-state index contributed by atoms with van der Waals surface area (Å²) in [6.07, 6.45) is 2.34. The number of nitrogens with one attached hydrogen (secondary N) is 2. The van der Waals surface area contributed by atoms with Crippen LogP contribution in [0.1, 0.15) is 45.1 Å². The lowest BCUT2D eigenvalue weighted by atomic mass is 10.0. The van der Waals surface area contributed by atoms with Crippen LogP contribution in [0.5, 0.6) is 0 Å². The summed E-state index contributed by atoms with van der Waals surface area (Å²) in [4.78, 5) is 36.8. The summed E-state index contributed by atoms with van der Waals surface area (Å²) in [6.45, 7) is 4.39. The number of hydrogen-bond acceptors (Lipinski definition) is 5. The van der Waals surface area contributed by atoms with Crippen molar-refractivity contribution in [3.05, 3.63) is 35.9 Å². The molecule has 162 valence electrons. The summed E-state index contributed by atoms with van der Waals surface area (Å²) in [5.41, 5.74) is 12.2. The molecule has 0 saturated heterocycles. The van der Waals surface area contributed by atoms with Crippen LogP contribution in [0.25, 0.3) is 0 Å². The fourth-order valence-corrected chi connectivity index (χ4v) is 2.98. The Balaban J connectivity index is 2.81. The fraction of sp³-hybridized carbons (Fsp3) is 0.571. The van der Waals surface area contributed by atoms with Gasteiger partial charge in [0.1, 0.15) is 12.1 Å². The average Bonchev–Trinajstić information content (AvgIpc) is 2.66. The minimum Gasteiger partial charge on any atom is -0.480 e. The highest BCUT2D eigenvalue weighted by molar-refractivity contribution is 5.91. The molecule has 0 heterocycles. The van der Waals surface area contributed by atoms with Gasteiger partial charge in [-0.25, -0.2) is 4.79 Å². The first-order chi connectivity index (χ1) is 13.7. The Morgan fingerprint density at radius 3 is 2.17 bits per heavy atom. The minimum absolute atomic E-state index is 0.151. The Kier molecular flexibility index (Phi) is 10.9. The molecule has 1 aromatic rings. The van der Waals surface area contributed by atoms with Gasteiger partial charge in [-0.05, 0) is 43.7 Å². The molecule has 0 spiro atoms. The molecule has 0 radical (unpaired) electrons. The molecule has 0 aliphatic heterocycles. The van der Waals surface area contributed by atoms with Crippen molar-refractivity contribution in [3.63, 3.8) is 0 Å². The van der Waals surface area contributed by atoms with Gasteiger partial charge in [0.15, 0.2) is 0 Å². The molecule has 2 amide bonds. The van der Waals surface area contributed by atoms with Crippen molar-refractivity contribution in [1.29, 1.82) is 0 Å². The van der Waals surface area contributed by atoms with E-state index in [1.165, 1.54) is 0 Å². The van der Waals surface area contributed by atoms with Crippen molar-refractivity contribution >= 4 is 17.8 Å². The van der Waals surface area contributed by atoms with E-state index in [4.69, 9.17) is 11.5 Å². The summed E-state index contributed by atoms with van der Waals surface area (Å²) in [5.74, 6) is -1.84. The minimum atomic E-state index is -1.13. The number of hydrogen-bond donors (Lipinski definition) is 5. The molecule has 7 N–H and O–H groups in total. The van der Waals surface area contributed by atoms with Crippen molar-refractivity contribution in [2.45, 2.75) is 64.1 Å². The zero-order valence-corrected chi connectivity index (χ0v) is 17.3. The standard InChI is InChI=1S/C21H34N4O4/c1-14(2)12-16(23)19(26)24-17(10-6-7-11-22)20(27)25-18(21(28)29)13-15-8-4-3-5-9-15/h3-5,8-9,14,16-18H,6-7,10-13,22-23H2,1-2H3,(H,24,26)(H,25,27)(H,28,29)/t16-,17-,18-/m0/s1. The molecule has 3 atom stereocenters. The maximum absolute atomic E-state index is 12.8. The first kappa shape index (κ1) is 24.6. The lowest BCUT2D eigenvalue weighted by molar-refractivity contribution is -0.142. The highest BCUT2D eigenvalue weighted by Crippen LogP contribution is 2.08. The van der Waals surface area contributed by atoms with E-state index >= 15 is 0 Å². The zero-order valence-electron chi connectivity index (χ0n) is 17.3. The molecule has 8 heteroatoms. The molecule has 0 aromatic heterocycles. The molecular formula is C21H34N4O4. The van der Waals surface area contributed by atoms with Crippen LogP contribution in [0.3, 0.4) is 0 Å². The Bertz CT molecular complexity index is 651. The van der Waals surface area contributed by atoms with Crippen LogP contribution in [0.2, 0.25) is 0 Å². The fourth-order valence-electron chi connectivity index (χ4n) is 2.98. The van der Waals surface area contributed by atoms with Gasteiger partial charge in [-0.2, -0.15) is 0 Å². The first-order valence-corrected chi connectivity index (χ1v) is 10.1. The van der Waals surface area contributed by atoms with Crippen molar-refractivity contribution in [2.24, 2.45) is 17.4 Å². The number of nitrogens with two attached hydrogens (primary N) is 2. The highest BCUT2D eigenvalue weighted by Gasteiger charge is 2.28. The second-order valence-corrected chi connectivity index (χ2v) is 7.67. The Labute approximate surface area is 172 Å². The lowest BCUT2D eigenvalue weighted by Crippen LogP contribution is -2.55. The van der Waals surface area contributed by atoms with E-state index in [0.717, 1.165) is 5.56 Å². The van der Waals surface area contributed by atoms with Crippen LogP contribution in [-0.4, -0.2) is 47.6 Å². The number of aliphatic carboxylic acids is 1. The van der Waals surface area contributed by atoms with Crippen LogP contribution in [0.15, 0.2) is 30.3 Å². The quantitative estimate of drug-likeness (QED) is 0.306. The number of benzene rings is 1. The summed E-state index contributed by atoms with van der Waals surface area (Å²) >= 11 is 0. The van der Waals surface area contributed by atoms with Gasteiger partial charge in [-0.3, -0.25) is 9.59 Å². The highest BCUT2D eigenvalue weighted by atomic mass is 16.4. The van der Waals surface area contributed by atoms with Crippen LogP contribution >= 0.6 is 0 Å².